The second-order valence-electron chi connectivity index (χ2n) is 15.9. The van der Waals surface area contributed by atoms with Gasteiger partial charge in [-0.05, 0) is 120 Å². The first kappa shape index (κ1) is 42.9. The number of likely N-dealkylation sites (tertiary alicyclic amines) is 1. The number of benzene rings is 2. The van der Waals surface area contributed by atoms with E-state index in [-0.39, 0.29) is 12.2 Å². The van der Waals surface area contributed by atoms with Crippen LogP contribution in [-0.2, 0) is 27.1 Å². The fourth-order valence-electron chi connectivity index (χ4n) is 8.01. The van der Waals surface area contributed by atoms with E-state index in [9.17, 15) is 4.79 Å². The topological polar surface area (TPSA) is 66.5 Å². The standard InChI is InChI=1S/C23H35ClN2O3S.C18H27ClN2OS/c1-23(2,3)29-22(27)25-11-9-19(10-12-25)26-14-21(16-30-4)28-15-20(26)13-17-5-7-18(24)8-6-17;1-23-13-18-11-21(16-6-8-20-9-7-16)17(12-22-18)10-14-2-4-15(19)5-3-14/h5-8,19-21H,9-16H2,1-4H3;2-5,16-18,20H,6-13H2,1H3/t20-,21+;17-,18+/m00/s1. The number of carbonyl (C=O) groups is 1. The summed E-state index contributed by atoms with van der Waals surface area (Å²) >= 11 is 15.8. The van der Waals surface area contributed by atoms with Gasteiger partial charge >= 0.3 is 6.09 Å². The molecule has 4 heterocycles. The van der Waals surface area contributed by atoms with Gasteiger partial charge in [-0.15, -0.1) is 0 Å². The minimum absolute atomic E-state index is 0.194. The molecule has 0 unspecified atom stereocenters. The number of morpholine rings is 2. The van der Waals surface area contributed by atoms with Crippen molar-refractivity contribution in [1.82, 2.24) is 20.0 Å². The lowest BCUT2D eigenvalue weighted by molar-refractivity contribution is -0.0781. The van der Waals surface area contributed by atoms with Gasteiger partial charge in [-0.2, -0.15) is 23.5 Å². The second-order valence-corrected chi connectivity index (χ2v) is 18.6. The van der Waals surface area contributed by atoms with E-state index >= 15 is 0 Å². The number of piperidine rings is 2. The number of thioether (sulfide) groups is 2. The monoisotopic (exact) mass is 808 g/mol. The van der Waals surface area contributed by atoms with Crippen molar-refractivity contribution in [2.24, 2.45) is 0 Å². The highest BCUT2D eigenvalue weighted by Crippen LogP contribution is 2.28. The van der Waals surface area contributed by atoms with Crippen LogP contribution in [0.4, 0.5) is 4.79 Å². The molecule has 2 aromatic rings. The van der Waals surface area contributed by atoms with Gasteiger partial charge in [0.1, 0.15) is 5.60 Å². The van der Waals surface area contributed by atoms with Crippen LogP contribution in [-0.4, -0.2) is 139 Å². The molecule has 0 aliphatic carbocycles. The quantitative estimate of drug-likeness (QED) is 0.259. The molecule has 53 heavy (non-hydrogen) atoms. The molecule has 1 amide bonds. The molecule has 4 fully saturated rings. The maximum absolute atomic E-state index is 12.4. The average molecular weight is 810 g/mol. The Labute approximate surface area is 337 Å². The molecule has 12 heteroatoms. The van der Waals surface area contributed by atoms with Crippen LogP contribution in [0.5, 0.6) is 0 Å². The van der Waals surface area contributed by atoms with Crippen LogP contribution in [0.3, 0.4) is 0 Å². The minimum Gasteiger partial charge on any atom is -0.444 e. The number of nitrogens with one attached hydrogen (secondary N) is 1. The Kier molecular flexibility index (Phi) is 17.3. The Bertz CT molecular complexity index is 1370. The van der Waals surface area contributed by atoms with Crippen LogP contribution in [0, 0.1) is 0 Å². The molecule has 2 aromatic carbocycles. The third-order valence-electron chi connectivity index (χ3n) is 10.7. The van der Waals surface area contributed by atoms with E-state index in [4.69, 9.17) is 37.4 Å². The Morgan fingerprint density at radius 1 is 0.755 bits per heavy atom. The summed E-state index contributed by atoms with van der Waals surface area (Å²) in [6, 6.07) is 18.4. The van der Waals surface area contributed by atoms with E-state index < -0.39 is 5.60 Å². The summed E-state index contributed by atoms with van der Waals surface area (Å²) in [6.45, 7) is 13.1. The molecule has 1 N–H and O–H groups in total. The summed E-state index contributed by atoms with van der Waals surface area (Å²) in [6.07, 6.45) is 11.2. The Morgan fingerprint density at radius 2 is 1.19 bits per heavy atom. The zero-order valence-electron chi connectivity index (χ0n) is 32.4. The maximum Gasteiger partial charge on any atom is 0.410 e. The van der Waals surface area contributed by atoms with Crippen LogP contribution in [0.1, 0.15) is 57.6 Å². The fourth-order valence-corrected chi connectivity index (χ4v) is 9.41. The van der Waals surface area contributed by atoms with Crippen molar-refractivity contribution >= 4 is 52.8 Å². The highest BCUT2D eigenvalue weighted by atomic mass is 35.5. The molecular formula is C41H62Cl2N4O4S2. The predicted molar refractivity (Wildman–Crippen MR) is 224 cm³/mol. The zero-order valence-corrected chi connectivity index (χ0v) is 35.6. The SMILES string of the molecule is CSC[C@H]1CN(C2CCN(C(=O)OC(C)(C)C)CC2)[C@@H](Cc2ccc(Cl)cc2)CO1.CSC[C@H]1CN(C2CCNCC2)[C@@H](Cc2ccc(Cl)cc2)CO1. The smallest absolute Gasteiger partial charge is 0.410 e. The van der Waals surface area contributed by atoms with Crippen molar-refractivity contribution in [3.63, 3.8) is 0 Å². The lowest BCUT2D eigenvalue weighted by atomic mass is 9.96. The Hall–Kier alpha value is -1.21. The number of hydrogen-bond donors (Lipinski definition) is 1. The summed E-state index contributed by atoms with van der Waals surface area (Å²) < 4.78 is 17.9. The molecule has 4 atom stereocenters. The van der Waals surface area contributed by atoms with Crippen molar-refractivity contribution in [1.29, 1.82) is 0 Å². The number of ether oxygens (including phenoxy) is 3. The van der Waals surface area contributed by atoms with Crippen molar-refractivity contribution < 1.29 is 19.0 Å². The second kappa shape index (κ2) is 21.4. The van der Waals surface area contributed by atoms with E-state index in [0.29, 0.717) is 30.3 Å². The van der Waals surface area contributed by atoms with Gasteiger partial charge in [-0.3, -0.25) is 9.80 Å². The van der Waals surface area contributed by atoms with Crippen molar-refractivity contribution in [3.05, 3.63) is 69.7 Å². The van der Waals surface area contributed by atoms with E-state index in [1.807, 2.05) is 73.5 Å². The maximum atomic E-state index is 12.4. The first-order valence-electron chi connectivity index (χ1n) is 19.4. The number of carbonyl (C=O) groups excluding carboxylic acids is 1. The van der Waals surface area contributed by atoms with E-state index in [0.717, 1.165) is 99.7 Å². The molecule has 296 valence electrons. The third-order valence-corrected chi connectivity index (χ3v) is 12.6. The van der Waals surface area contributed by atoms with Crippen molar-refractivity contribution in [2.75, 3.05) is 76.5 Å². The van der Waals surface area contributed by atoms with Crippen molar-refractivity contribution in [3.8, 4) is 0 Å². The lowest BCUT2D eigenvalue weighted by Gasteiger charge is -2.46. The first-order valence-corrected chi connectivity index (χ1v) is 23.0. The van der Waals surface area contributed by atoms with Crippen LogP contribution in [0.15, 0.2) is 48.5 Å². The number of nitrogens with zero attached hydrogens (tertiary/aromatic N) is 3. The number of rotatable bonds is 10. The van der Waals surface area contributed by atoms with Gasteiger partial charge in [0.2, 0.25) is 0 Å². The van der Waals surface area contributed by atoms with Gasteiger partial charge in [-0.25, -0.2) is 4.79 Å². The average Bonchev–Trinajstić information content (AvgIpc) is 3.15. The summed E-state index contributed by atoms with van der Waals surface area (Å²) in [5, 5.41) is 5.06. The van der Waals surface area contributed by atoms with Gasteiger partial charge < -0.3 is 24.4 Å². The zero-order chi connectivity index (χ0) is 37.8. The molecule has 0 aromatic heterocycles. The van der Waals surface area contributed by atoms with Crippen LogP contribution < -0.4 is 5.32 Å². The minimum atomic E-state index is -0.452. The van der Waals surface area contributed by atoms with Gasteiger partial charge in [-0.1, -0.05) is 47.5 Å². The van der Waals surface area contributed by atoms with Crippen LogP contribution in [0.25, 0.3) is 0 Å². The molecule has 8 nitrogen and oxygen atoms in total. The van der Waals surface area contributed by atoms with E-state index in [1.165, 1.54) is 24.0 Å². The van der Waals surface area contributed by atoms with Crippen molar-refractivity contribution in [2.45, 2.75) is 101 Å². The number of halogens is 2. The molecule has 0 radical (unpaired) electrons. The lowest BCUT2D eigenvalue weighted by Crippen LogP contribution is -2.58. The molecule has 0 saturated carbocycles. The largest absolute Gasteiger partial charge is 0.444 e. The highest BCUT2D eigenvalue weighted by Gasteiger charge is 2.37. The molecule has 0 bridgehead atoms. The molecule has 4 aliphatic rings. The van der Waals surface area contributed by atoms with Crippen LogP contribution in [0.2, 0.25) is 10.0 Å². The summed E-state index contributed by atoms with van der Waals surface area (Å²) in [7, 11) is 0. The van der Waals surface area contributed by atoms with Crippen LogP contribution >= 0.6 is 46.7 Å². The number of amides is 1. The molecule has 4 saturated heterocycles. The van der Waals surface area contributed by atoms with E-state index in [2.05, 4.69) is 51.9 Å². The molecule has 0 spiro atoms. The summed E-state index contributed by atoms with van der Waals surface area (Å²) in [4.78, 5) is 19.7. The van der Waals surface area contributed by atoms with E-state index in [1.54, 1.807) is 0 Å². The number of hydrogen-bond acceptors (Lipinski definition) is 9. The predicted octanol–water partition coefficient (Wildman–Crippen LogP) is 7.78. The highest BCUT2D eigenvalue weighted by molar-refractivity contribution is 7.98. The third kappa shape index (κ3) is 13.7. The molecule has 4 aliphatic heterocycles. The van der Waals surface area contributed by atoms with Gasteiger partial charge in [0.15, 0.2) is 0 Å². The van der Waals surface area contributed by atoms with Gasteiger partial charge in [0.05, 0.1) is 25.4 Å². The Morgan fingerprint density at radius 3 is 1.60 bits per heavy atom. The van der Waals surface area contributed by atoms with Gasteiger partial charge in [0, 0.05) is 71.9 Å². The molecular weight excluding hydrogens is 748 g/mol. The Balaban J connectivity index is 0.000000211. The normalized spacial score (nSPS) is 25.5. The first-order chi connectivity index (χ1) is 25.5. The summed E-state index contributed by atoms with van der Waals surface area (Å²) in [5.41, 5.74) is 2.19. The fraction of sp³-hybridized carbons (Fsp3) is 0.683. The summed E-state index contributed by atoms with van der Waals surface area (Å²) in [5.74, 6) is 2.11. The van der Waals surface area contributed by atoms with Gasteiger partial charge in [0.25, 0.3) is 0 Å². The molecule has 6 rings (SSSR count).